The van der Waals surface area contributed by atoms with Crippen molar-refractivity contribution in [2.75, 3.05) is 0 Å². The molecule has 0 bridgehead atoms. The molecule has 2 heterocycles. The van der Waals surface area contributed by atoms with Crippen molar-refractivity contribution in [3.63, 3.8) is 0 Å². The van der Waals surface area contributed by atoms with Gasteiger partial charge in [0.05, 0.1) is 22.4 Å². The second-order valence-corrected chi connectivity index (χ2v) is 10.6. The van der Waals surface area contributed by atoms with E-state index in [0.717, 1.165) is 10.8 Å². The van der Waals surface area contributed by atoms with Gasteiger partial charge in [0.1, 0.15) is 6.29 Å². The third kappa shape index (κ3) is 7.33. The zero-order chi connectivity index (χ0) is 24.1. The van der Waals surface area contributed by atoms with E-state index in [2.05, 4.69) is 84.8 Å². The number of halogens is 1. The molecule has 0 N–H and O–H groups in total. The summed E-state index contributed by atoms with van der Waals surface area (Å²) >= 11 is 3.09. The normalized spacial score (nSPS) is 23.3. The minimum atomic E-state index is -0.324. The maximum Gasteiger partial charge on any atom is 0.458 e. The van der Waals surface area contributed by atoms with Gasteiger partial charge in [0, 0.05) is 10.2 Å². The van der Waals surface area contributed by atoms with E-state index >= 15 is 0 Å². The highest BCUT2D eigenvalue weighted by molar-refractivity contribution is 9.11. The Bertz CT molecular complexity index is 561. The second kappa shape index (κ2) is 11.0. The molecule has 2 saturated heterocycles. The number of carbonyl (C=O) groups excluding carboxylic acids is 1. The van der Waals surface area contributed by atoms with Gasteiger partial charge in [0.15, 0.2) is 0 Å². The first-order chi connectivity index (χ1) is 13.5. The molecular weight excluding hydrogens is 446 g/mol. The SMILES string of the molecule is C=C(Br)/C=C(\C)C=O.CC.CC(B1OC(C)(C)C(C)(C)O1)B1OC(C)(C)C(C)(C)O1. The standard InChI is InChI=1S/C14H28B2O4.C6H7BrO.C2H6/c1-10(15-17-11(2,3)12(4,5)18-15)16-19-13(6,7)14(8,9)20-16;1-5(4-8)3-6(2)7;1-2/h10H,1-9H3;3-4H,2H2,1H3;1-2H3/b;5-3+;. The van der Waals surface area contributed by atoms with E-state index < -0.39 is 0 Å². The lowest BCUT2D eigenvalue weighted by atomic mass is 9.53. The van der Waals surface area contributed by atoms with E-state index in [-0.39, 0.29) is 42.4 Å². The molecule has 0 aliphatic carbocycles. The maximum atomic E-state index is 9.91. The molecule has 0 spiro atoms. The van der Waals surface area contributed by atoms with Crippen LogP contribution >= 0.6 is 15.9 Å². The summed E-state index contributed by atoms with van der Waals surface area (Å²) in [6.07, 6.45) is 2.44. The van der Waals surface area contributed by atoms with Gasteiger partial charge in [-0.15, -0.1) is 0 Å². The highest BCUT2D eigenvalue weighted by Gasteiger charge is 2.60. The van der Waals surface area contributed by atoms with Gasteiger partial charge in [-0.05, 0) is 74.0 Å². The summed E-state index contributed by atoms with van der Waals surface area (Å²) in [5.74, 6) is 0. The van der Waals surface area contributed by atoms with Gasteiger partial charge in [-0.25, -0.2) is 0 Å². The molecule has 0 saturated carbocycles. The Labute approximate surface area is 193 Å². The van der Waals surface area contributed by atoms with Crippen LogP contribution in [-0.4, -0.2) is 42.9 Å². The number of hydrogen-bond donors (Lipinski definition) is 0. The summed E-state index contributed by atoms with van der Waals surface area (Å²) in [7, 11) is -0.621. The van der Waals surface area contributed by atoms with E-state index in [0.29, 0.717) is 5.57 Å². The average molecular weight is 487 g/mol. The monoisotopic (exact) mass is 486 g/mol. The Balaban J connectivity index is 0.000000712. The Kier molecular flexibility index (Phi) is 10.8. The summed E-state index contributed by atoms with van der Waals surface area (Å²) in [5.41, 5.74) is -0.611. The summed E-state index contributed by atoms with van der Waals surface area (Å²) < 4.78 is 25.1. The number of rotatable bonds is 4. The van der Waals surface area contributed by atoms with Crippen LogP contribution in [0.2, 0.25) is 5.72 Å². The molecule has 0 aromatic carbocycles. The van der Waals surface area contributed by atoms with E-state index in [1.54, 1.807) is 13.0 Å². The van der Waals surface area contributed by atoms with E-state index in [1.807, 2.05) is 13.8 Å². The highest BCUT2D eigenvalue weighted by atomic mass is 79.9. The molecule has 0 aromatic rings. The summed E-state index contributed by atoms with van der Waals surface area (Å²) in [6, 6.07) is 0. The van der Waals surface area contributed by atoms with Gasteiger partial charge >= 0.3 is 14.2 Å². The maximum absolute atomic E-state index is 9.91. The first kappa shape index (κ1) is 29.6. The second-order valence-electron chi connectivity index (χ2n) is 9.56. The topological polar surface area (TPSA) is 54.0 Å². The first-order valence-corrected chi connectivity index (χ1v) is 11.4. The predicted molar refractivity (Wildman–Crippen MR) is 131 cm³/mol. The molecule has 2 aliphatic heterocycles. The molecule has 0 radical (unpaired) electrons. The summed E-state index contributed by atoms with van der Waals surface area (Å²) in [6.45, 7) is 27.8. The van der Waals surface area contributed by atoms with Gasteiger partial charge in [0.2, 0.25) is 0 Å². The smallest absolute Gasteiger partial charge is 0.403 e. The Morgan fingerprint density at radius 2 is 1.10 bits per heavy atom. The summed E-state index contributed by atoms with van der Waals surface area (Å²) in [5, 5.41) is 0. The van der Waals surface area contributed by atoms with E-state index in [4.69, 9.17) is 18.6 Å². The van der Waals surface area contributed by atoms with Crippen molar-refractivity contribution in [1.29, 1.82) is 0 Å². The fraction of sp³-hybridized carbons (Fsp3) is 0.773. The number of allylic oxidation sites excluding steroid dienone is 3. The van der Waals surface area contributed by atoms with Crippen LogP contribution in [0.15, 0.2) is 22.7 Å². The fourth-order valence-corrected chi connectivity index (χ4v) is 2.98. The summed E-state index contributed by atoms with van der Waals surface area (Å²) in [4.78, 5) is 9.91. The van der Waals surface area contributed by atoms with Crippen molar-refractivity contribution in [2.24, 2.45) is 0 Å². The van der Waals surface area contributed by atoms with Crippen LogP contribution in [0.1, 0.15) is 83.1 Å². The molecule has 0 atom stereocenters. The predicted octanol–water partition coefficient (Wildman–Crippen LogP) is 6.17. The molecule has 30 heavy (non-hydrogen) atoms. The Hall–Kier alpha value is -0.400. The third-order valence-electron chi connectivity index (χ3n) is 5.97. The molecule has 0 amide bonds. The minimum Gasteiger partial charge on any atom is -0.403 e. The lowest BCUT2D eigenvalue weighted by Gasteiger charge is -2.32. The Morgan fingerprint density at radius 3 is 1.27 bits per heavy atom. The van der Waals surface area contributed by atoms with Crippen molar-refractivity contribution in [1.82, 2.24) is 0 Å². The molecule has 0 aromatic heterocycles. The van der Waals surface area contributed by atoms with Gasteiger partial charge < -0.3 is 18.6 Å². The van der Waals surface area contributed by atoms with Crippen LogP contribution in [-0.2, 0) is 23.4 Å². The zero-order valence-corrected chi connectivity index (χ0v) is 22.6. The third-order valence-corrected chi connectivity index (χ3v) is 6.20. The van der Waals surface area contributed by atoms with Crippen LogP contribution in [0.25, 0.3) is 0 Å². The van der Waals surface area contributed by atoms with Crippen molar-refractivity contribution in [3.8, 4) is 0 Å². The van der Waals surface area contributed by atoms with Gasteiger partial charge in [-0.1, -0.05) is 43.3 Å². The quantitative estimate of drug-likeness (QED) is 0.206. The van der Waals surface area contributed by atoms with Crippen LogP contribution in [0.5, 0.6) is 0 Å². The van der Waals surface area contributed by atoms with Gasteiger partial charge in [-0.2, -0.15) is 0 Å². The zero-order valence-electron chi connectivity index (χ0n) is 21.0. The van der Waals surface area contributed by atoms with Crippen LogP contribution in [0.3, 0.4) is 0 Å². The molecular formula is C22H41B2BrO5. The lowest BCUT2D eigenvalue weighted by Crippen LogP contribution is -2.41. The molecule has 2 fully saturated rings. The van der Waals surface area contributed by atoms with Crippen LogP contribution < -0.4 is 0 Å². The van der Waals surface area contributed by atoms with Crippen molar-refractivity contribution >= 4 is 36.5 Å². The fourth-order valence-electron chi connectivity index (χ4n) is 2.62. The first-order valence-electron chi connectivity index (χ1n) is 10.6. The molecule has 2 aliphatic rings. The molecule has 5 nitrogen and oxygen atoms in total. The average Bonchev–Trinajstić information content (AvgIpc) is 2.95. The Morgan fingerprint density at radius 1 is 0.833 bits per heavy atom. The number of carbonyl (C=O) groups is 1. The van der Waals surface area contributed by atoms with E-state index in [9.17, 15) is 4.79 Å². The number of aldehydes is 1. The van der Waals surface area contributed by atoms with Crippen molar-refractivity contribution < 1.29 is 23.4 Å². The largest absolute Gasteiger partial charge is 0.458 e. The molecule has 172 valence electrons. The highest BCUT2D eigenvalue weighted by Crippen LogP contribution is 2.45. The van der Waals surface area contributed by atoms with Crippen molar-refractivity contribution in [2.45, 2.75) is 111 Å². The van der Waals surface area contributed by atoms with Gasteiger partial charge in [-0.3, -0.25) is 4.79 Å². The van der Waals surface area contributed by atoms with E-state index in [1.165, 1.54) is 0 Å². The lowest BCUT2D eigenvalue weighted by molar-refractivity contribution is -0.104. The number of hydrogen-bond acceptors (Lipinski definition) is 5. The molecule has 2 rings (SSSR count). The molecule has 0 unspecified atom stereocenters. The van der Waals surface area contributed by atoms with Crippen LogP contribution in [0, 0.1) is 0 Å². The van der Waals surface area contributed by atoms with Crippen LogP contribution in [0.4, 0.5) is 0 Å². The van der Waals surface area contributed by atoms with Crippen molar-refractivity contribution in [3.05, 3.63) is 22.7 Å². The molecule has 8 heteroatoms. The van der Waals surface area contributed by atoms with Gasteiger partial charge in [0.25, 0.3) is 0 Å². The minimum absolute atomic E-state index is 0.0112.